The van der Waals surface area contributed by atoms with Gasteiger partial charge in [0.25, 0.3) is 0 Å². The summed E-state index contributed by atoms with van der Waals surface area (Å²) in [6.45, 7) is 12.2. The lowest BCUT2D eigenvalue weighted by atomic mass is 10.0. The summed E-state index contributed by atoms with van der Waals surface area (Å²) in [6.07, 6.45) is 27.9. The Kier molecular flexibility index (Phi) is 20.3. The van der Waals surface area contributed by atoms with E-state index in [0.717, 1.165) is 82.4 Å². The van der Waals surface area contributed by atoms with E-state index in [9.17, 15) is 0 Å². The van der Waals surface area contributed by atoms with Gasteiger partial charge in [0, 0.05) is 53.6 Å². The predicted octanol–water partition coefficient (Wildman–Crippen LogP) is 18.2. The highest BCUT2D eigenvalue weighted by Gasteiger charge is 2.21. The third-order valence-corrected chi connectivity index (χ3v) is 17.0. The monoisotopic (exact) mass is 960 g/mol. The normalized spacial score (nSPS) is 12.0. The molecule has 0 saturated heterocycles. The van der Waals surface area contributed by atoms with Crippen LogP contribution in [0.25, 0.3) is 66.0 Å². The van der Waals surface area contributed by atoms with Crippen LogP contribution >= 0.6 is 57.1 Å². The summed E-state index contributed by atoms with van der Waals surface area (Å²) in [5.74, 6) is 0. The van der Waals surface area contributed by atoms with Crippen LogP contribution in [-0.2, 0) is 35.2 Å². The summed E-state index contributed by atoms with van der Waals surface area (Å²) >= 11 is 8.84. The topological polar surface area (TPSA) is 44.2 Å². The van der Waals surface area contributed by atoms with Crippen LogP contribution in [0.4, 0.5) is 0 Å². The van der Waals surface area contributed by atoms with Gasteiger partial charge in [-0.3, -0.25) is 0 Å². The number of rotatable bonds is 29. The van der Waals surface area contributed by atoms with Gasteiger partial charge in [-0.2, -0.15) is 8.75 Å². The average Bonchev–Trinajstić information content (AvgIpc) is 4.19. The van der Waals surface area contributed by atoms with Crippen molar-refractivity contribution in [3.63, 3.8) is 0 Å². The van der Waals surface area contributed by atoms with Crippen molar-refractivity contribution in [3.8, 4) is 30.6 Å². The SMILES string of the molecule is CCCCCCc1csc(-c2ccc(-c3cc(CCCCCC)c(-c4cc(CCOCCCC)c(/C=C/c5ccc(/C=C/c6sccc6CCOCCCC)cc5)s4)s3)c3nsnc23)c1. The number of thiophene rings is 4. The van der Waals surface area contributed by atoms with E-state index < -0.39 is 0 Å². The lowest BCUT2D eigenvalue weighted by Crippen LogP contribution is -2.00. The summed E-state index contributed by atoms with van der Waals surface area (Å²) in [4.78, 5) is 7.96. The number of nitrogens with zero attached hydrogens (tertiary/aromatic N) is 2. The summed E-state index contributed by atoms with van der Waals surface area (Å²) in [5.41, 5.74) is 12.5. The molecule has 7 rings (SSSR count). The number of aromatic nitrogens is 2. The molecule has 0 fully saturated rings. The van der Waals surface area contributed by atoms with Crippen molar-refractivity contribution in [2.75, 3.05) is 26.4 Å². The van der Waals surface area contributed by atoms with Crippen molar-refractivity contribution in [1.82, 2.24) is 8.75 Å². The Hall–Kier alpha value is -3.54. The first-order valence-corrected chi connectivity index (χ1v) is 28.5. The highest BCUT2D eigenvalue weighted by Crippen LogP contribution is 2.46. The highest BCUT2D eigenvalue weighted by molar-refractivity contribution is 7.24. The van der Waals surface area contributed by atoms with E-state index in [4.69, 9.17) is 18.2 Å². The number of hydrogen-bond acceptors (Lipinski definition) is 9. The van der Waals surface area contributed by atoms with E-state index >= 15 is 0 Å². The van der Waals surface area contributed by atoms with E-state index in [0.29, 0.717) is 0 Å². The first-order chi connectivity index (χ1) is 32.1. The second kappa shape index (κ2) is 26.7. The van der Waals surface area contributed by atoms with Gasteiger partial charge in [0.2, 0.25) is 0 Å². The molecule has 344 valence electrons. The molecular formula is C56H68N2O2S5. The Morgan fingerprint density at radius 1 is 0.477 bits per heavy atom. The lowest BCUT2D eigenvalue weighted by molar-refractivity contribution is 0.134. The molecule has 0 unspecified atom stereocenters. The maximum absolute atomic E-state index is 6.14. The first kappa shape index (κ1) is 49.4. The van der Waals surface area contributed by atoms with Crippen LogP contribution in [0.15, 0.2) is 71.4 Å². The fourth-order valence-electron chi connectivity index (χ4n) is 8.08. The maximum atomic E-state index is 6.14. The molecule has 0 radical (unpaired) electrons. The van der Waals surface area contributed by atoms with Crippen LogP contribution < -0.4 is 0 Å². The van der Waals surface area contributed by atoms with Gasteiger partial charge in [-0.05, 0) is 132 Å². The van der Waals surface area contributed by atoms with Crippen molar-refractivity contribution in [1.29, 1.82) is 0 Å². The summed E-state index contributed by atoms with van der Waals surface area (Å²) in [5, 5.41) is 4.53. The third kappa shape index (κ3) is 14.2. The van der Waals surface area contributed by atoms with Crippen LogP contribution in [0.5, 0.6) is 0 Å². The molecule has 9 heteroatoms. The van der Waals surface area contributed by atoms with Gasteiger partial charge in [0.1, 0.15) is 11.0 Å². The molecule has 5 heterocycles. The van der Waals surface area contributed by atoms with Crippen molar-refractivity contribution in [2.45, 2.75) is 130 Å². The average molecular weight is 962 g/mol. The quantitative estimate of drug-likeness (QED) is 0.0439. The second-order valence-corrected chi connectivity index (χ2v) is 21.6. The van der Waals surface area contributed by atoms with E-state index in [-0.39, 0.29) is 0 Å². The Balaban J connectivity index is 1.13. The number of aryl methyl sites for hydroxylation is 2. The molecule has 4 nitrogen and oxygen atoms in total. The van der Waals surface area contributed by atoms with Gasteiger partial charge in [-0.25, -0.2) is 0 Å². The van der Waals surface area contributed by atoms with Gasteiger partial charge in [0.15, 0.2) is 0 Å². The van der Waals surface area contributed by atoms with Gasteiger partial charge in [0.05, 0.1) is 24.9 Å². The molecule has 0 bridgehead atoms. The molecule has 2 aromatic carbocycles. The van der Waals surface area contributed by atoms with Crippen LogP contribution in [0.1, 0.15) is 148 Å². The molecule has 0 N–H and O–H groups in total. The van der Waals surface area contributed by atoms with Crippen molar-refractivity contribution < 1.29 is 9.47 Å². The Labute approximate surface area is 409 Å². The first-order valence-electron chi connectivity index (χ1n) is 24.4. The van der Waals surface area contributed by atoms with Gasteiger partial charge < -0.3 is 9.47 Å². The Morgan fingerprint density at radius 3 is 1.74 bits per heavy atom. The largest absolute Gasteiger partial charge is 0.381 e. The standard InChI is InChI=1S/C56H68N2O2S5/c1-5-9-13-15-17-43-37-51(62-40-43)47-25-26-48(55-54(47)57-65-58-55)52-39-46(18-16-14-10-6-2)56(64-52)53-38-45(30-35-60-33-12-8-4)50(63-53)28-24-42-21-19-41(20-22-42)23-27-49-44(31-36-61-49)29-34-59-32-11-7-3/h19-28,31,36-40H,5-18,29-30,32-35H2,1-4H3/b27-23+,28-24+. The third-order valence-electron chi connectivity index (χ3n) is 12.0. The van der Waals surface area contributed by atoms with Crippen LogP contribution in [-0.4, -0.2) is 35.2 Å². The molecule has 0 aliphatic carbocycles. The van der Waals surface area contributed by atoms with E-state index in [1.54, 1.807) is 11.3 Å². The summed E-state index contributed by atoms with van der Waals surface area (Å²) in [6, 6.07) is 23.1. The number of hydrogen-bond donors (Lipinski definition) is 0. The Morgan fingerprint density at radius 2 is 1.08 bits per heavy atom. The van der Waals surface area contributed by atoms with Crippen LogP contribution in [0.3, 0.4) is 0 Å². The van der Waals surface area contributed by atoms with Gasteiger partial charge in [-0.15, -0.1) is 45.3 Å². The molecular weight excluding hydrogens is 893 g/mol. The van der Waals surface area contributed by atoms with Gasteiger partial charge >= 0.3 is 0 Å². The molecule has 0 aliphatic heterocycles. The van der Waals surface area contributed by atoms with E-state index in [1.807, 2.05) is 34.0 Å². The molecule has 7 aromatic rings. The molecule has 0 aliphatic rings. The smallest absolute Gasteiger partial charge is 0.114 e. The zero-order valence-electron chi connectivity index (χ0n) is 39.1. The van der Waals surface area contributed by atoms with E-state index in [1.165, 1.54) is 143 Å². The Bertz CT molecular complexity index is 2530. The molecule has 0 amide bonds. The zero-order chi connectivity index (χ0) is 45.1. The van der Waals surface area contributed by atoms with Crippen LogP contribution in [0.2, 0.25) is 0 Å². The number of unbranched alkanes of at least 4 members (excludes halogenated alkanes) is 8. The molecule has 0 spiro atoms. The fourth-order valence-corrected chi connectivity index (χ4v) is 13.0. The molecule has 65 heavy (non-hydrogen) atoms. The predicted molar refractivity (Wildman–Crippen MR) is 291 cm³/mol. The van der Waals surface area contributed by atoms with Crippen molar-refractivity contribution in [2.24, 2.45) is 0 Å². The highest BCUT2D eigenvalue weighted by atomic mass is 32.1. The number of fused-ring (bicyclic) bond motifs is 1. The van der Waals surface area contributed by atoms with Crippen molar-refractivity contribution in [3.05, 3.63) is 115 Å². The van der Waals surface area contributed by atoms with Crippen molar-refractivity contribution >= 4 is 92.4 Å². The second-order valence-electron chi connectivity index (χ2n) is 17.1. The molecule has 0 saturated carbocycles. The minimum Gasteiger partial charge on any atom is -0.381 e. The number of ether oxygens (including phenoxy) is 2. The minimum absolute atomic E-state index is 0.737. The maximum Gasteiger partial charge on any atom is 0.114 e. The summed E-state index contributed by atoms with van der Waals surface area (Å²) < 4.78 is 21.8. The van der Waals surface area contributed by atoms with Crippen LogP contribution in [0, 0.1) is 0 Å². The summed E-state index contributed by atoms with van der Waals surface area (Å²) in [7, 11) is 0. The fraction of sp³-hybridized carbons (Fsp3) is 0.429. The zero-order valence-corrected chi connectivity index (χ0v) is 43.2. The molecule has 5 aromatic heterocycles. The molecule has 0 atom stereocenters. The number of benzene rings is 2. The van der Waals surface area contributed by atoms with Gasteiger partial charge in [-0.1, -0.05) is 128 Å². The van der Waals surface area contributed by atoms with E-state index in [2.05, 4.69) is 123 Å². The lowest BCUT2D eigenvalue weighted by Gasteiger charge is -2.03. The minimum atomic E-state index is 0.737.